The maximum absolute atomic E-state index is 13.2. The quantitative estimate of drug-likeness (QED) is 0.624. The second kappa shape index (κ2) is 8.36. The van der Waals surface area contributed by atoms with Crippen LogP contribution in [-0.4, -0.2) is 69.2 Å². The van der Waals surface area contributed by atoms with Gasteiger partial charge in [-0.3, -0.25) is 4.79 Å². The molecule has 0 radical (unpaired) electrons. The molecule has 28 heavy (non-hydrogen) atoms. The third kappa shape index (κ3) is 4.32. The molecule has 0 N–H and O–H groups in total. The molecule has 10 heteroatoms. The molecule has 1 amide bonds. The summed E-state index contributed by atoms with van der Waals surface area (Å²) in [6.07, 6.45) is 4.42. The normalized spacial score (nSPS) is 18.6. The average molecular weight is 426 g/mol. The van der Waals surface area contributed by atoms with Gasteiger partial charge in [0.2, 0.25) is 11.1 Å². The SMILES string of the molecule is CCCCN(C(=O)Cc1c(C)nc2nc(SC)nn2c1C)C1CCS(=O)(=O)C1. The first-order valence-corrected chi connectivity index (χ1v) is 12.6. The topological polar surface area (TPSA) is 97.5 Å². The van der Waals surface area contributed by atoms with Crippen molar-refractivity contribution in [1.29, 1.82) is 0 Å². The van der Waals surface area contributed by atoms with E-state index >= 15 is 0 Å². The van der Waals surface area contributed by atoms with E-state index in [0.29, 0.717) is 23.9 Å². The van der Waals surface area contributed by atoms with E-state index in [-0.39, 0.29) is 29.9 Å². The molecule has 2 aromatic rings. The third-order valence-corrected chi connectivity index (χ3v) is 7.55. The molecule has 1 aliphatic rings. The second-order valence-electron chi connectivity index (χ2n) is 7.25. The maximum atomic E-state index is 13.2. The van der Waals surface area contributed by atoms with Gasteiger partial charge in [-0.1, -0.05) is 25.1 Å². The van der Waals surface area contributed by atoms with Crippen molar-refractivity contribution in [2.24, 2.45) is 0 Å². The van der Waals surface area contributed by atoms with Crippen molar-refractivity contribution in [1.82, 2.24) is 24.5 Å². The standard InChI is InChI=1S/C18H27N5O3S2/c1-5-6-8-22(14-7-9-28(25,26)11-14)16(24)10-15-12(2)19-17-20-18(27-4)21-23(17)13(15)3/h14H,5-11H2,1-4H3. The molecule has 0 aliphatic carbocycles. The summed E-state index contributed by atoms with van der Waals surface area (Å²) < 4.78 is 25.5. The lowest BCUT2D eigenvalue weighted by Crippen LogP contribution is -2.42. The van der Waals surface area contributed by atoms with Gasteiger partial charge < -0.3 is 4.90 Å². The van der Waals surface area contributed by atoms with Crippen LogP contribution in [0.4, 0.5) is 0 Å². The highest BCUT2D eigenvalue weighted by Crippen LogP contribution is 2.22. The number of rotatable bonds is 7. The summed E-state index contributed by atoms with van der Waals surface area (Å²) in [6, 6.07) is -0.226. The fraction of sp³-hybridized carbons (Fsp3) is 0.667. The minimum atomic E-state index is -3.05. The molecule has 1 atom stereocenters. The van der Waals surface area contributed by atoms with Crippen LogP contribution in [0.2, 0.25) is 0 Å². The van der Waals surface area contributed by atoms with Crippen LogP contribution in [-0.2, 0) is 21.1 Å². The Bertz CT molecular complexity index is 987. The molecule has 1 saturated heterocycles. The number of carbonyl (C=O) groups excluding carboxylic acids is 1. The smallest absolute Gasteiger partial charge is 0.253 e. The lowest BCUT2D eigenvalue weighted by molar-refractivity contribution is -0.132. The molecule has 0 bridgehead atoms. The van der Waals surface area contributed by atoms with E-state index in [1.165, 1.54) is 11.8 Å². The van der Waals surface area contributed by atoms with E-state index < -0.39 is 9.84 Å². The van der Waals surface area contributed by atoms with Crippen LogP contribution in [0.1, 0.15) is 43.1 Å². The molecule has 1 unspecified atom stereocenters. The fourth-order valence-corrected chi connectivity index (χ4v) is 5.71. The zero-order valence-electron chi connectivity index (χ0n) is 16.8. The molecular formula is C18H27N5O3S2. The highest BCUT2D eigenvalue weighted by Gasteiger charge is 2.34. The van der Waals surface area contributed by atoms with E-state index in [1.807, 2.05) is 20.1 Å². The molecule has 0 saturated carbocycles. The van der Waals surface area contributed by atoms with Crippen molar-refractivity contribution in [3.05, 3.63) is 17.0 Å². The third-order valence-electron chi connectivity index (χ3n) is 5.26. The number of hydrogen-bond donors (Lipinski definition) is 0. The van der Waals surface area contributed by atoms with Crippen molar-refractivity contribution < 1.29 is 13.2 Å². The maximum Gasteiger partial charge on any atom is 0.253 e. The number of aryl methyl sites for hydroxylation is 2. The van der Waals surface area contributed by atoms with Gasteiger partial charge in [0, 0.05) is 29.5 Å². The van der Waals surface area contributed by atoms with Crippen LogP contribution in [0.25, 0.3) is 5.78 Å². The number of aromatic nitrogens is 4. The largest absolute Gasteiger partial charge is 0.338 e. The Morgan fingerprint density at radius 1 is 1.32 bits per heavy atom. The van der Waals surface area contributed by atoms with Crippen LogP contribution in [0.15, 0.2) is 5.16 Å². The Balaban J connectivity index is 1.88. The van der Waals surface area contributed by atoms with Crippen LogP contribution in [0, 0.1) is 13.8 Å². The van der Waals surface area contributed by atoms with Gasteiger partial charge in [0.05, 0.1) is 17.9 Å². The van der Waals surface area contributed by atoms with Crippen LogP contribution < -0.4 is 0 Å². The van der Waals surface area contributed by atoms with E-state index in [2.05, 4.69) is 22.0 Å². The van der Waals surface area contributed by atoms with Gasteiger partial charge in [0.15, 0.2) is 9.84 Å². The predicted octanol–water partition coefficient (Wildman–Crippen LogP) is 1.82. The molecule has 8 nitrogen and oxygen atoms in total. The highest BCUT2D eigenvalue weighted by atomic mass is 32.2. The first-order valence-electron chi connectivity index (χ1n) is 9.52. The van der Waals surface area contributed by atoms with Crippen LogP contribution in [0.5, 0.6) is 0 Å². The van der Waals surface area contributed by atoms with E-state index in [1.54, 1.807) is 9.42 Å². The number of fused-ring (bicyclic) bond motifs is 1. The number of unbranched alkanes of at least 4 members (excludes halogenated alkanes) is 1. The summed E-state index contributed by atoms with van der Waals surface area (Å²) in [5.41, 5.74) is 2.43. The Hall–Kier alpha value is -1.68. The van der Waals surface area contributed by atoms with Gasteiger partial charge in [0.25, 0.3) is 5.78 Å². The van der Waals surface area contributed by atoms with Gasteiger partial charge in [0.1, 0.15) is 0 Å². The Morgan fingerprint density at radius 3 is 2.68 bits per heavy atom. The van der Waals surface area contributed by atoms with Crippen molar-refractivity contribution in [3.8, 4) is 0 Å². The summed E-state index contributed by atoms with van der Waals surface area (Å²) in [6.45, 7) is 6.44. The molecular weight excluding hydrogens is 398 g/mol. The number of hydrogen-bond acceptors (Lipinski definition) is 7. The minimum absolute atomic E-state index is 0.0481. The molecule has 0 aromatic carbocycles. The zero-order valence-corrected chi connectivity index (χ0v) is 18.4. The molecule has 0 spiro atoms. The fourth-order valence-electron chi connectivity index (χ4n) is 3.65. The highest BCUT2D eigenvalue weighted by molar-refractivity contribution is 7.98. The van der Waals surface area contributed by atoms with Crippen molar-refractivity contribution in [2.75, 3.05) is 24.3 Å². The summed E-state index contributed by atoms with van der Waals surface area (Å²) >= 11 is 1.44. The summed E-state index contributed by atoms with van der Waals surface area (Å²) in [7, 11) is -3.05. The first kappa shape index (κ1) is 21.0. The number of carbonyl (C=O) groups is 1. The number of sulfone groups is 1. The number of amides is 1. The van der Waals surface area contributed by atoms with Crippen LogP contribution >= 0.6 is 11.8 Å². The Morgan fingerprint density at radius 2 is 2.07 bits per heavy atom. The first-order chi connectivity index (χ1) is 13.3. The van der Waals surface area contributed by atoms with E-state index in [0.717, 1.165) is 29.8 Å². The molecule has 2 aromatic heterocycles. The molecule has 1 fully saturated rings. The Kier molecular flexibility index (Phi) is 6.28. The Labute approximate surface area is 170 Å². The lowest BCUT2D eigenvalue weighted by atomic mass is 10.1. The van der Waals surface area contributed by atoms with Gasteiger partial charge >= 0.3 is 0 Å². The zero-order chi connectivity index (χ0) is 20.5. The van der Waals surface area contributed by atoms with Crippen molar-refractivity contribution >= 4 is 33.3 Å². The second-order valence-corrected chi connectivity index (χ2v) is 10.2. The van der Waals surface area contributed by atoms with Crippen LogP contribution in [0.3, 0.4) is 0 Å². The summed E-state index contributed by atoms with van der Waals surface area (Å²) in [5.74, 6) is 0.710. The number of thioether (sulfide) groups is 1. The van der Waals surface area contributed by atoms with Gasteiger partial charge in [-0.25, -0.2) is 17.9 Å². The molecule has 3 rings (SSSR count). The summed E-state index contributed by atoms with van der Waals surface area (Å²) in [4.78, 5) is 23.8. The lowest BCUT2D eigenvalue weighted by Gasteiger charge is -2.28. The molecule has 154 valence electrons. The predicted molar refractivity (Wildman–Crippen MR) is 109 cm³/mol. The molecule has 3 heterocycles. The van der Waals surface area contributed by atoms with E-state index in [4.69, 9.17) is 0 Å². The van der Waals surface area contributed by atoms with Crippen molar-refractivity contribution in [2.45, 2.75) is 57.7 Å². The molecule has 1 aliphatic heterocycles. The monoisotopic (exact) mass is 425 g/mol. The average Bonchev–Trinajstić information content (AvgIpc) is 3.21. The number of nitrogens with zero attached hydrogens (tertiary/aromatic N) is 5. The van der Waals surface area contributed by atoms with Gasteiger partial charge in [-0.15, -0.1) is 5.10 Å². The van der Waals surface area contributed by atoms with Gasteiger partial charge in [-0.05, 0) is 32.9 Å². The van der Waals surface area contributed by atoms with Gasteiger partial charge in [-0.2, -0.15) is 4.98 Å². The van der Waals surface area contributed by atoms with Crippen molar-refractivity contribution in [3.63, 3.8) is 0 Å². The summed E-state index contributed by atoms with van der Waals surface area (Å²) in [5, 5.41) is 5.07. The van der Waals surface area contributed by atoms with E-state index in [9.17, 15) is 13.2 Å². The minimum Gasteiger partial charge on any atom is -0.338 e.